The summed E-state index contributed by atoms with van der Waals surface area (Å²) in [5.74, 6) is -0.554. The fourth-order valence-electron chi connectivity index (χ4n) is 2.63. The Hall–Kier alpha value is -4.08. The summed E-state index contributed by atoms with van der Waals surface area (Å²) in [6.45, 7) is 1.34. The Morgan fingerprint density at radius 1 is 0.935 bits per heavy atom. The number of carbonyl (C=O) groups is 2. The number of benzene rings is 2. The van der Waals surface area contributed by atoms with Gasteiger partial charge >= 0.3 is 18.2 Å². The van der Waals surface area contributed by atoms with E-state index in [4.69, 9.17) is 9.84 Å². The number of halogens is 3. The van der Waals surface area contributed by atoms with Crippen LogP contribution in [0.2, 0.25) is 0 Å². The molecule has 3 N–H and O–H groups in total. The summed E-state index contributed by atoms with van der Waals surface area (Å²) < 4.78 is 44.5. The Bertz CT molecular complexity index is 1120. The van der Waals surface area contributed by atoms with Crippen molar-refractivity contribution in [1.82, 2.24) is 4.98 Å². The van der Waals surface area contributed by atoms with Gasteiger partial charge in [-0.3, -0.25) is 4.98 Å². The molecule has 31 heavy (non-hydrogen) atoms. The van der Waals surface area contributed by atoms with E-state index < -0.39 is 23.7 Å². The number of aryl methyl sites for hydroxylation is 1. The van der Waals surface area contributed by atoms with Crippen LogP contribution in [-0.2, 0) is 6.18 Å². The van der Waals surface area contributed by atoms with Crippen LogP contribution in [0.25, 0.3) is 0 Å². The standard InChI is InChI=1S/C21H16F3N3O4/c1-12-2-3-15(9-18(12)21(22,23)24)27-20(30)26-14-4-6-16(7-5-14)31-17-8-13(19(28)29)10-25-11-17/h2-11H,1H3,(H,28,29)(H2,26,27,30). The summed E-state index contributed by atoms with van der Waals surface area (Å²) >= 11 is 0. The molecule has 0 aliphatic heterocycles. The highest BCUT2D eigenvalue weighted by Crippen LogP contribution is 2.33. The molecule has 0 spiro atoms. The van der Waals surface area contributed by atoms with Crippen molar-refractivity contribution < 1.29 is 32.6 Å². The summed E-state index contributed by atoms with van der Waals surface area (Å²) in [6.07, 6.45) is -1.98. The first-order valence-electron chi connectivity index (χ1n) is 8.84. The van der Waals surface area contributed by atoms with Gasteiger partial charge in [0, 0.05) is 17.6 Å². The zero-order chi connectivity index (χ0) is 22.6. The van der Waals surface area contributed by atoms with Crippen molar-refractivity contribution in [3.8, 4) is 11.5 Å². The number of amides is 2. The van der Waals surface area contributed by atoms with E-state index in [0.717, 1.165) is 6.07 Å². The number of hydrogen-bond acceptors (Lipinski definition) is 4. The minimum atomic E-state index is -4.52. The van der Waals surface area contributed by atoms with Gasteiger partial charge in [0.2, 0.25) is 0 Å². The number of ether oxygens (including phenoxy) is 1. The third-order valence-electron chi connectivity index (χ3n) is 4.11. The monoisotopic (exact) mass is 431 g/mol. The molecule has 3 rings (SSSR count). The predicted octanol–water partition coefficient (Wildman–Crippen LogP) is 5.54. The smallest absolute Gasteiger partial charge is 0.416 e. The van der Waals surface area contributed by atoms with E-state index in [1.165, 1.54) is 61.8 Å². The van der Waals surface area contributed by atoms with E-state index in [9.17, 15) is 22.8 Å². The molecule has 160 valence electrons. The molecule has 0 radical (unpaired) electrons. The number of nitrogens with zero attached hydrogens (tertiary/aromatic N) is 1. The molecule has 0 aliphatic rings. The van der Waals surface area contributed by atoms with Crippen LogP contribution in [-0.4, -0.2) is 22.1 Å². The van der Waals surface area contributed by atoms with Crippen molar-refractivity contribution in [1.29, 1.82) is 0 Å². The molecule has 0 aliphatic carbocycles. The Kier molecular flexibility index (Phi) is 6.10. The van der Waals surface area contributed by atoms with E-state index in [1.807, 2.05) is 0 Å². The number of anilines is 2. The lowest BCUT2D eigenvalue weighted by Gasteiger charge is -2.13. The van der Waals surface area contributed by atoms with Crippen LogP contribution in [0.5, 0.6) is 11.5 Å². The maximum atomic E-state index is 13.0. The molecule has 1 heterocycles. The van der Waals surface area contributed by atoms with Crippen LogP contribution in [0, 0.1) is 6.92 Å². The lowest BCUT2D eigenvalue weighted by atomic mass is 10.1. The Balaban J connectivity index is 1.63. The lowest BCUT2D eigenvalue weighted by Crippen LogP contribution is -2.20. The number of rotatable bonds is 5. The number of carbonyl (C=O) groups excluding carboxylic acids is 1. The Morgan fingerprint density at radius 3 is 2.23 bits per heavy atom. The molecule has 0 fully saturated rings. The predicted molar refractivity (Wildman–Crippen MR) is 107 cm³/mol. The van der Waals surface area contributed by atoms with Crippen molar-refractivity contribution >= 4 is 23.4 Å². The molecule has 3 aromatic rings. The second kappa shape index (κ2) is 8.74. The number of alkyl halides is 3. The van der Waals surface area contributed by atoms with Crippen LogP contribution in [0.3, 0.4) is 0 Å². The molecule has 0 saturated carbocycles. The highest BCUT2D eigenvalue weighted by molar-refractivity contribution is 5.99. The first kappa shape index (κ1) is 21.6. The molecular weight excluding hydrogens is 415 g/mol. The minimum Gasteiger partial charge on any atom is -0.478 e. The zero-order valence-electron chi connectivity index (χ0n) is 16.0. The molecule has 0 bridgehead atoms. The number of aromatic carboxylic acids is 1. The number of carboxylic acids is 1. The van der Waals surface area contributed by atoms with Gasteiger partial charge < -0.3 is 20.5 Å². The van der Waals surface area contributed by atoms with Gasteiger partial charge in [0.25, 0.3) is 0 Å². The van der Waals surface area contributed by atoms with E-state index in [2.05, 4.69) is 15.6 Å². The number of urea groups is 1. The summed E-state index contributed by atoms with van der Waals surface area (Å²) in [4.78, 5) is 26.9. The van der Waals surface area contributed by atoms with E-state index >= 15 is 0 Å². The highest BCUT2D eigenvalue weighted by Gasteiger charge is 2.32. The quantitative estimate of drug-likeness (QED) is 0.492. The van der Waals surface area contributed by atoms with Crippen molar-refractivity contribution in [3.05, 3.63) is 77.6 Å². The van der Waals surface area contributed by atoms with Crippen LogP contribution in [0.15, 0.2) is 60.9 Å². The fourth-order valence-corrected chi connectivity index (χ4v) is 2.63. The molecule has 1 aromatic heterocycles. The van der Waals surface area contributed by atoms with E-state index in [0.29, 0.717) is 11.4 Å². The SMILES string of the molecule is Cc1ccc(NC(=O)Nc2ccc(Oc3cncc(C(=O)O)c3)cc2)cc1C(F)(F)F. The van der Waals surface area contributed by atoms with Gasteiger partial charge in [-0.1, -0.05) is 6.07 Å². The summed E-state index contributed by atoms with van der Waals surface area (Å²) in [5.41, 5.74) is -0.435. The van der Waals surface area contributed by atoms with Gasteiger partial charge in [0.1, 0.15) is 11.5 Å². The molecule has 0 saturated heterocycles. The number of carboxylic acid groups (broad SMARTS) is 1. The number of hydrogen-bond donors (Lipinski definition) is 3. The Labute approximate surface area is 174 Å². The largest absolute Gasteiger partial charge is 0.478 e. The zero-order valence-corrected chi connectivity index (χ0v) is 16.0. The highest BCUT2D eigenvalue weighted by atomic mass is 19.4. The van der Waals surface area contributed by atoms with Crippen LogP contribution < -0.4 is 15.4 Å². The number of nitrogens with one attached hydrogen (secondary N) is 2. The Morgan fingerprint density at radius 2 is 1.58 bits per heavy atom. The topological polar surface area (TPSA) is 101 Å². The second-order valence-electron chi connectivity index (χ2n) is 6.45. The van der Waals surface area contributed by atoms with Crippen molar-refractivity contribution in [3.63, 3.8) is 0 Å². The summed E-state index contributed by atoms with van der Waals surface area (Å²) in [6, 6.07) is 10.2. The first-order valence-corrected chi connectivity index (χ1v) is 8.84. The third kappa shape index (κ3) is 5.72. The molecule has 2 amide bonds. The van der Waals surface area contributed by atoms with E-state index in [1.54, 1.807) is 0 Å². The number of pyridine rings is 1. The average Bonchev–Trinajstić information content (AvgIpc) is 2.70. The van der Waals surface area contributed by atoms with Gasteiger partial charge in [0.05, 0.1) is 17.3 Å². The molecule has 7 nitrogen and oxygen atoms in total. The summed E-state index contributed by atoms with van der Waals surface area (Å²) in [5, 5.41) is 13.8. The maximum Gasteiger partial charge on any atom is 0.416 e. The van der Waals surface area contributed by atoms with Crippen molar-refractivity contribution in [2.75, 3.05) is 10.6 Å². The van der Waals surface area contributed by atoms with Gasteiger partial charge in [-0.15, -0.1) is 0 Å². The molecule has 0 atom stereocenters. The van der Waals surface area contributed by atoms with Crippen LogP contribution >= 0.6 is 0 Å². The normalized spacial score (nSPS) is 11.0. The second-order valence-corrected chi connectivity index (χ2v) is 6.45. The average molecular weight is 431 g/mol. The lowest BCUT2D eigenvalue weighted by molar-refractivity contribution is -0.138. The molecular formula is C21H16F3N3O4. The van der Waals surface area contributed by atoms with Gasteiger partial charge in [-0.2, -0.15) is 13.2 Å². The van der Waals surface area contributed by atoms with Gasteiger partial charge in [-0.05, 0) is 55.0 Å². The van der Waals surface area contributed by atoms with Crippen LogP contribution in [0.4, 0.5) is 29.3 Å². The van der Waals surface area contributed by atoms with Gasteiger partial charge in [0.15, 0.2) is 0 Å². The molecule has 2 aromatic carbocycles. The first-order chi connectivity index (χ1) is 14.6. The number of aromatic nitrogens is 1. The third-order valence-corrected chi connectivity index (χ3v) is 4.11. The minimum absolute atomic E-state index is 0.00110. The van der Waals surface area contributed by atoms with E-state index in [-0.39, 0.29) is 22.6 Å². The fraction of sp³-hybridized carbons (Fsp3) is 0.0952. The molecule has 10 heteroatoms. The maximum absolute atomic E-state index is 13.0. The van der Waals surface area contributed by atoms with Crippen molar-refractivity contribution in [2.45, 2.75) is 13.1 Å². The van der Waals surface area contributed by atoms with Crippen LogP contribution in [0.1, 0.15) is 21.5 Å². The molecule has 0 unspecified atom stereocenters. The van der Waals surface area contributed by atoms with Gasteiger partial charge in [-0.25, -0.2) is 9.59 Å². The van der Waals surface area contributed by atoms with Crippen molar-refractivity contribution in [2.24, 2.45) is 0 Å². The summed E-state index contributed by atoms with van der Waals surface area (Å²) in [7, 11) is 0.